The van der Waals surface area contributed by atoms with E-state index in [4.69, 9.17) is 0 Å². The highest BCUT2D eigenvalue weighted by Crippen LogP contribution is 2.55. The van der Waals surface area contributed by atoms with Gasteiger partial charge >= 0.3 is 0 Å². The highest BCUT2D eigenvalue weighted by atomic mass is 32.2. The number of nitrogens with one attached hydrogen (secondary N) is 1. The lowest BCUT2D eigenvalue weighted by Crippen LogP contribution is -2.46. The monoisotopic (exact) mass is 404 g/mol. The molecule has 2 aliphatic carbocycles. The van der Waals surface area contributed by atoms with Crippen molar-refractivity contribution in [2.24, 2.45) is 21.1 Å². The summed E-state index contributed by atoms with van der Waals surface area (Å²) in [6, 6.07) is 0. The number of carbonyl (C=O) groups is 1. The molecular formula is C20H28N4O3S. The van der Waals surface area contributed by atoms with E-state index >= 15 is 0 Å². The lowest BCUT2D eigenvalue weighted by atomic mass is 9.63. The van der Waals surface area contributed by atoms with Crippen LogP contribution in [0.4, 0.5) is 0 Å². The Morgan fingerprint density at radius 3 is 2.68 bits per heavy atom. The second-order valence-corrected chi connectivity index (χ2v) is 12.0. The molecule has 1 saturated carbocycles. The third-order valence-corrected chi connectivity index (χ3v) is 9.55. The Hall–Kier alpha value is -1.54. The number of dihydropyridines is 1. The second-order valence-electron chi connectivity index (χ2n) is 9.76. The lowest BCUT2D eigenvalue weighted by Gasteiger charge is -2.43. The Kier molecular flexibility index (Phi) is 3.95. The summed E-state index contributed by atoms with van der Waals surface area (Å²) in [6.07, 6.45) is 5.42. The van der Waals surface area contributed by atoms with Gasteiger partial charge in [0.25, 0.3) is 0 Å². The molecule has 3 heterocycles. The summed E-state index contributed by atoms with van der Waals surface area (Å²) in [6.45, 7) is 5.50. The van der Waals surface area contributed by atoms with Crippen LogP contribution in [0.3, 0.4) is 0 Å². The minimum Gasteiger partial charge on any atom is -0.342 e. The molecule has 1 saturated heterocycles. The van der Waals surface area contributed by atoms with Crippen molar-refractivity contribution in [1.29, 1.82) is 0 Å². The molecule has 0 amide bonds. The number of sulfonamides is 1. The smallest absolute Gasteiger partial charge is 0.217 e. The molecule has 28 heavy (non-hydrogen) atoms. The van der Waals surface area contributed by atoms with E-state index in [2.05, 4.69) is 29.4 Å². The van der Waals surface area contributed by atoms with Gasteiger partial charge in [0.15, 0.2) is 11.6 Å². The van der Waals surface area contributed by atoms with E-state index in [0.29, 0.717) is 32.5 Å². The zero-order valence-corrected chi connectivity index (χ0v) is 17.4. The normalized spacial score (nSPS) is 33.0. The number of hydrogen-bond donors (Lipinski definition) is 1. The molecule has 0 aromatic rings. The molecular weight excluding hydrogens is 376 g/mol. The quantitative estimate of drug-likeness (QED) is 0.766. The van der Waals surface area contributed by atoms with Gasteiger partial charge in [0.2, 0.25) is 10.0 Å². The van der Waals surface area contributed by atoms with E-state index in [0.717, 1.165) is 54.8 Å². The minimum absolute atomic E-state index is 0.105. The van der Waals surface area contributed by atoms with Crippen LogP contribution in [0.15, 0.2) is 32.9 Å². The molecule has 0 radical (unpaired) electrons. The number of ketones is 1. The van der Waals surface area contributed by atoms with E-state index in [9.17, 15) is 13.2 Å². The van der Waals surface area contributed by atoms with Crippen LogP contribution in [0.2, 0.25) is 0 Å². The van der Waals surface area contributed by atoms with Gasteiger partial charge < -0.3 is 5.32 Å². The second kappa shape index (κ2) is 5.98. The van der Waals surface area contributed by atoms with Gasteiger partial charge in [-0.2, -0.15) is 5.11 Å². The van der Waals surface area contributed by atoms with E-state index < -0.39 is 15.4 Å². The summed E-state index contributed by atoms with van der Waals surface area (Å²) in [7, 11) is -3.33. The van der Waals surface area contributed by atoms with Gasteiger partial charge in [-0.15, -0.1) is 5.11 Å². The van der Waals surface area contributed by atoms with Gasteiger partial charge in [-0.3, -0.25) is 4.79 Å². The Morgan fingerprint density at radius 1 is 1.18 bits per heavy atom. The van der Waals surface area contributed by atoms with Gasteiger partial charge in [0.1, 0.15) is 0 Å². The first-order valence-corrected chi connectivity index (χ1v) is 11.9. The van der Waals surface area contributed by atoms with E-state index in [1.54, 1.807) is 4.31 Å². The topological polar surface area (TPSA) is 91.2 Å². The third-order valence-electron chi connectivity index (χ3n) is 7.20. The third kappa shape index (κ3) is 2.56. The van der Waals surface area contributed by atoms with E-state index in [1.807, 2.05) is 0 Å². The maximum Gasteiger partial charge on any atom is 0.217 e. The molecule has 0 unspecified atom stereocenters. The van der Waals surface area contributed by atoms with Crippen LogP contribution in [0.5, 0.6) is 0 Å². The minimum atomic E-state index is -3.33. The Bertz CT molecular complexity index is 940. The maximum atomic E-state index is 13.3. The number of azo groups is 1. The standard InChI is InChI=1S/C20H28N4O3S/c1-19(2)9-15-17(16(25)10-19)20(14-11-21-23-18(14)22-15)7-8-24(12-20)28(26,27)13-5-3-4-6-13/h13,22H,3-12H2,1-2H3/t20-/m1/s1. The molecule has 8 heteroatoms. The van der Waals surface area contributed by atoms with Crippen molar-refractivity contribution in [1.82, 2.24) is 9.62 Å². The fourth-order valence-corrected chi connectivity index (χ4v) is 8.00. The van der Waals surface area contributed by atoms with Crippen LogP contribution in [0.1, 0.15) is 58.8 Å². The molecule has 152 valence electrons. The average molecular weight is 405 g/mol. The van der Waals surface area contributed by atoms with Crippen LogP contribution in [0, 0.1) is 10.8 Å². The average Bonchev–Trinajstić information content (AvgIpc) is 3.34. The number of fused-ring (bicyclic) bond motifs is 2. The van der Waals surface area contributed by atoms with Gasteiger partial charge in [-0.25, -0.2) is 12.7 Å². The van der Waals surface area contributed by atoms with Crippen molar-refractivity contribution in [3.63, 3.8) is 0 Å². The van der Waals surface area contributed by atoms with Crippen LogP contribution < -0.4 is 5.32 Å². The van der Waals surface area contributed by atoms with Crippen molar-refractivity contribution in [2.75, 3.05) is 19.6 Å². The van der Waals surface area contributed by atoms with Crippen molar-refractivity contribution in [3.8, 4) is 0 Å². The number of hydrogen-bond acceptors (Lipinski definition) is 6. The van der Waals surface area contributed by atoms with Crippen molar-refractivity contribution in [2.45, 2.75) is 64.0 Å². The zero-order chi connectivity index (χ0) is 19.7. The number of nitrogens with zero attached hydrogens (tertiary/aromatic N) is 3. The summed E-state index contributed by atoms with van der Waals surface area (Å²) >= 11 is 0. The van der Waals surface area contributed by atoms with Crippen LogP contribution in [-0.2, 0) is 14.8 Å². The highest BCUT2D eigenvalue weighted by molar-refractivity contribution is 7.89. The molecule has 0 aromatic carbocycles. The van der Waals surface area contributed by atoms with E-state index in [-0.39, 0.29) is 16.4 Å². The first kappa shape index (κ1) is 18.5. The number of Topliss-reactive ketones (excluding diaryl/α,β-unsaturated/α-hetero) is 1. The molecule has 1 atom stereocenters. The largest absolute Gasteiger partial charge is 0.342 e. The number of allylic oxidation sites excluding steroid dienone is 1. The predicted molar refractivity (Wildman–Crippen MR) is 105 cm³/mol. The SMILES string of the molecule is CC1(C)CC(=O)C2=C(C1)NC1=C(CN=N1)[C@]21CCN(S(=O)(=O)C2CCCC2)C1. The molecule has 1 spiro atoms. The van der Waals surface area contributed by atoms with Crippen LogP contribution >= 0.6 is 0 Å². The van der Waals surface area contributed by atoms with Gasteiger partial charge in [0.05, 0.1) is 11.8 Å². The molecule has 0 aromatic heterocycles. The predicted octanol–water partition coefficient (Wildman–Crippen LogP) is 2.87. The zero-order valence-electron chi connectivity index (χ0n) is 16.6. The summed E-state index contributed by atoms with van der Waals surface area (Å²) < 4.78 is 28.2. The van der Waals surface area contributed by atoms with E-state index in [1.165, 1.54) is 0 Å². The first-order chi connectivity index (χ1) is 13.2. The first-order valence-electron chi connectivity index (χ1n) is 10.4. The van der Waals surface area contributed by atoms with Gasteiger partial charge in [-0.05, 0) is 31.1 Å². The van der Waals surface area contributed by atoms with Crippen LogP contribution in [-0.4, -0.2) is 43.4 Å². The van der Waals surface area contributed by atoms with Gasteiger partial charge in [-0.1, -0.05) is 26.7 Å². The van der Waals surface area contributed by atoms with Crippen molar-refractivity contribution < 1.29 is 13.2 Å². The fourth-order valence-electron chi connectivity index (χ4n) is 5.91. The Balaban J connectivity index is 1.56. The van der Waals surface area contributed by atoms with Crippen molar-refractivity contribution in [3.05, 3.63) is 22.7 Å². The Labute approximate surface area is 166 Å². The van der Waals surface area contributed by atoms with Crippen molar-refractivity contribution >= 4 is 15.8 Å². The Morgan fingerprint density at radius 2 is 1.93 bits per heavy atom. The highest BCUT2D eigenvalue weighted by Gasteiger charge is 2.56. The molecule has 3 aliphatic heterocycles. The summed E-state index contributed by atoms with van der Waals surface area (Å²) in [5.41, 5.74) is 2.08. The molecule has 5 aliphatic rings. The summed E-state index contributed by atoms with van der Waals surface area (Å²) in [4.78, 5) is 13.3. The molecule has 7 nitrogen and oxygen atoms in total. The number of carbonyl (C=O) groups excluding carboxylic acids is 1. The lowest BCUT2D eigenvalue weighted by molar-refractivity contribution is -0.119. The molecule has 5 rings (SSSR count). The van der Waals surface area contributed by atoms with Gasteiger partial charge in [0, 0.05) is 41.8 Å². The van der Waals surface area contributed by atoms with Crippen LogP contribution in [0.25, 0.3) is 0 Å². The fraction of sp³-hybridized carbons (Fsp3) is 0.750. The maximum absolute atomic E-state index is 13.3. The molecule has 1 N–H and O–H groups in total. The summed E-state index contributed by atoms with van der Waals surface area (Å²) in [5, 5.41) is 11.6. The number of rotatable bonds is 2. The molecule has 2 fully saturated rings. The molecule has 0 bridgehead atoms. The summed E-state index contributed by atoms with van der Waals surface area (Å²) in [5.74, 6) is 0.890.